The zero-order chi connectivity index (χ0) is 14.9. The van der Waals surface area contributed by atoms with Crippen molar-refractivity contribution < 1.29 is 9.47 Å². The Kier molecular flexibility index (Phi) is 5.25. The highest BCUT2D eigenvalue weighted by atomic mass is 16.5. The minimum Gasteiger partial charge on any atom is -0.497 e. The van der Waals surface area contributed by atoms with E-state index in [0.29, 0.717) is 5.75 Å². The first-order valence-corrected chi connectivity index (χ1v) is 6.42. The Labute approximate surface area is 124 Å². The molecule has 106 valence electrons. The number of anilines is 1. The SMILES string of the molecule is C#CCOc1ccc(OC)cc1/C=N\Nc1ccccc1. The van der Waals surface area contributed by atoms with Gasteiger partial charge in [-0.1, -0.05) is 24.1 Å². The molecule has 0 aliphatic heterocycles. The van der Waals surface area contributed by atoms with Gasteiger partial charge >= 0.3 is 0 Å². The van der Waals surface area contributed by atoms with Crippen LogP contribution in [0.1, 0.15) is 5.56 Å². The highest BCUT2D eigenvalue weighted by molar-refractivity contribution is 5.84. The van der Waals surface area contributed by atoms with Gasteiger partial charge in [-0.15, -0.1) is 6.42 Å². The first-order valence-electron chi connectivity index (χ1n) is 6.42. The average molecular weight is 280 g/mol. The highest BCUT2D eigenvalue weighted by Crippen LogP contribution is 2.22. The first kappa shape index (κ1) is 14.5. The van der Waals surface area contributed by atoms with Crippen molar-refractivity contribution in [2.24, 2.45) is 5.10 Å². The topological polar surface area (TPSA) is 42.9 Å². The van der Waals surface area contributed by atoms with Gasteiger partial charge in [0.05, 0.1) is 19.0 Å². The lowest BCUT2D eigenvalue weighted by Gasteiger charge is -2.08. The van der Waals surface area contributed by atoms with Gasteiger partial charge in [-0.25, -0.2) is 0 Å². The molecule has 2 rings (SSSR count). The Morgan fingerprint density at radius 2 is 2.05 bits per heavy atom. The minimum atomic E-state index is 0.208. The van der Waals surface area contributed by atoms with Crippen LogP contribution in [0.25, 0.3) is 0 Å². The Morgan fingerprint density at radius 1 is 1.24 bits per heavy atom. The number of hydrazone groups is 1. The van der Waals surface area contributed by atoms with Crippen molar-refractivity contribution in [3.05, 3.63) is 54.1 Å². The smallest absolute Gasteiger partial charge is 0.148 e. The largest absolute Gasteiger partial charge is 0.497 e. The van der Waals surface area contributed by atoms with Gasteiger partial charge in [0.25, 0.3) is 0 Å². The predicted octanol–water partition coefficient (Wildman–Crippen LogP) is 3.15. The number of nitrogens with one attached hydrogen (secondary N) is 1. The molecule has 2 aromatic carbocycles. The molecule has 0 amide bonds. The molecule has 0 spiro atoms. The number of benzene rings is 2. The number of hydrogen-bond acceptors (Lipinski definition) is 4. The summed E-state index contributed by atoms with van der Waals surface area (Å²) in [5, 5.41) is 4.19. The molecule has 0 saturated carbocycles. The summed E-state index contributed by atoms with van der Waals surface area (Å²) in [6.45, 7) is 0.208. The van der Waals surface area contributed by atoms with E-state index in [2.05, 4.69) is 16.4 Å². The molecule has 0 atom stereocenters. The second kappa shape index (κ2) is 7.61. The van der Waals surface area contributed by atoms with Gasteiger partial charge in [-0.05, 0) is 30.3 Å². The standard InChI is InChI=1S/C17H16N2O2/c1-3-11-21-17-10-9-16(20-2)12-14(17)13-18-19-15-7-5-4-6-8-15/h1,4-10,12-13,19H,11H2,2H3/b18-13-. The number of terminal acetylenes is 1. The summed E-state index contributed by atoms with van der Waals surface area (Å²) in [6, 6.07) is 15.1. The molecule has 0 aromatic heterocycles. The normalized spacial score (nSPS) is 10.1. The number of nitrogens with zero attached hydrogens (tertiary/aromatic N) is 1. The summed E-state index contributed by atoms with van der Waals surface area (Å²) in [4.78, 5) is 0. The van der Waals surface area contributed by atoms with Crippen molar-refractivity contribution in [1.29, 1.82) is 0 Å². The van der Waals surface area contributed by atoms with Crippen LogP contribution in [0, 0.1) is 12.3 Å². The van der Waals surface area contributed by atoms with E-state index in [4.69, 9.17) is 15.9 Å². The Balaban J connectivity index is 2.14. The van der Waals surface area contributed by atoms with Crippen LogP contribution in [0.15, 0.2) is 53.6 Å². The summed E-state index contributed by atoms with van der Waals surface area (Å²) in [7, 11) is 1.61. The molecule has 0 unspecified atom stereocenters. The van der Waals surface area contributed by atoms with Gasteiger partial charge in [-0.2, -0.15) is 5.10 Å². The summed E-state index contributed by atoms with van der Waals surface area (Å²) >= 11 is 0. The molecule has 2 aromatic rings. The van der Waals surface area contributed by atoms with Gasteiger partial charge in [0.2, 0.25) is 0 Å². The van der Waals surface area contributed by atoms with Crippen molar-refractivity contribution >= 4 is 11.9 Å². The Hall–Kier alpha value is -2.93. The maximum Gasteiger partial charge on any atom is 0.148 e. The van der Waals surface area contributed by atoms with E-state index in [1.54, 1.807) is 19.4 Å². The molecule has 0 aliphatic carbocycles. The monoisotopic (exact) mass is 280 g/mol. The molecular formula is C17H16N2O2. The average Bonchev–Trinajstić information content (AvgIpc) is 2.54. The molecule has 21 heavy (non-hydrogen) atoms. The number of rotatable bonds is 6. The van der Waals surface area contributed by atoms with E-state index in [0.717, 1.165) is 17.0 Å². The van der Waals surface area contributed by atoms with Crippen LogP contribution in [-0.2, 0) is 0 Å². The summed E-state index contributed by atoms with van der Waals surface area (Å²) in [6.07, 6.45) is 6.88. The van der Waals surface area contributed by atoms with Crippen molar-refractivity contribution in [3.63, 3.8) is 0 Å². The Morgan fingerprint density at radius 3 is 2.76 bits per heavy atom. The Bertz CT molecular complexity index is 646. The van der Waals surface area contributed by atoms with Crippen LogP contribution in [0.3, 0.4) is 0 Å². The van der Waals surface area contributed by atoms with Crippen LogP contribution in [-0.4, -0.2) is 19.9 Å². The highest BCUT2D eigenvalue weighted by Gasteiger charge is 2.03. The molecule has 0 fully saturated rings. The molecule has 0 radical (unpaired) electrons. The third-order valence-electron chi connectivity index (χ3n) is 2.70. The van der Waals surface area contributed by atoms with Crippen molar-refractivity contribution in [2.75, 3.05) is 19.1 Å². The third kappa shape index (κ3) is 4.29. The molecule has 0 saturated heterocycles. The fourth-order valence-electron chi connectivity index (χ4n) is 1.69. The van der Waals surface area contributed by atoms with E-state index in [1.165, 1.54) is 0 Å². The summed E-state index contributed by atoms with van der Waals surface area (Å²) in [5.74, 6) is 3.83. The zero-order valence-corrected chi connectivity index (χ0v) is 11.7. The molecule has 0 aliphatic rings. The van der Waals surface area contributed by atoms with Gasteiger partial charge in [0.15, 0.2) is 0 Å². The number of para-hydroxylation sites is 1. The maximum atomic E-state index is 5.48. The van der Waals surface area contributed by atoms with E-state index in [1.807, 2.05) is 42.5 Å². The van der Waals surface area contributed by atoms with Crippen molar-refractivity contribution in [3.8, 4) is 23.8 Å². The second-order valence-electron chi connectivity index (χ2n) is 4.13. The lowest BCUT2D eigenvalue weighted by atomic mass is 10.2. The van der Waals surface area contributed by atoms with Crippen LogP contribution >= 0.6 is 0 Å². The van der Waals surface area contributed by atoms with Crippen LogP contribution in [0.4, 0.5) is 5.69 Å². The lowest BCUT2D eigenvalue weighted by Crippen LogP contribution is -1.99. The predicted molar refractivity (Wildman–Crippen MR) is 85.0 cm³/mol. The zero-order valence-electron chi connectivity index (χ0n) is 11.7. The van der Waals surface area contributed by atoms with Crippen LogP contribution < -0.4 is 14.9 Å². The fraction of sp³-hybridized carbons (Fsp3) is 0.118. The molecule has 0 bridgehead atoms. The quantitative estimate of drug-likeness (QED) is 0.502. The number of ether oxygens (including phenoxy) is 2. The molecule has 0 heterocycles. The summed E-state index contributed by atoms with van der Waals surface area (Å²) in [5.41, 5.74) is 4.64. The minimum absolute atomic E-state index is 0.208. The van der Waals surface area contributed by atoms with Gasteiger partial charge in [0.1, 0.15) is 18.1 Å². The molecule has 1 N–H and O–H groups in total. The van der Waals surface area contributed by atoms with Crippen LogP contribution in [0.5, 0.6) is 11.5 Å². The van der Waals surface area contributed by atoms with Gasteiger partial charge < -0.3 is 9.47 Å². The van der Waals surface area contributed by atoms with Crippen LogP contribution in [0.2, 0.25) is 0 Å². The van der Waals surface area contributed by atoms with E-state index in [9.17, 15) is 0 Å². The first-order chi connectivity index (χ1) is 10.3. The number of methoxy groups -OCH3 is 1. The maximum absolute atomic E-state index is 5.48. The van der Waals surface area contributed by atoms with Crippen molar-refractivity contribution in [2.45, 2.75) is 0 Å². The van der Waals surface area contributed by atoms with Gasteiger partial charge in [0, 0.05) is 5.56 Å². The molecule has 4 nitrogen and oxygen atoms in total. The third-order valence-corrected chi connectivity index (χ3v) is 2.70. The molecule has 4 heteroatoms. The van der Waals surface area contributed by atoms with E-state index < -0.39 is 0 Å². The number of hydrogen-bond donors (Lipinski definition) is 1. The van der Waals surface area contributed by atoms with Crippen molar-refractivity contribution in [1.82, 2.24) is 0 Å². The fourth-order valence-corrected chi connectivity index (χ4v) is 1.69. The van der Waals surface area contributed by atoms with E-state index in [-0.39, 0.29) is 6.61 Å². The van der Waals surface area contributed by atoms with E-state index >= 15 is 0 Å². The van der Waals surface area contributed by atoms with Gasteiger partial charge in [-0.3, -0.25) is 5.43 Å². The second-order valence-corrected chi connectivity index (χ2v) is 4.13. The molecular weight excluding hydrogens is 264 g/mol. The summed E-state index contributed by atoms with van der Waals surface area (Å²) < 4.78 is 10.7. The lowest BCUT2D eigenvalue weighted by molar-refractivity contribution is 0.367.